The van der Waals surface area contributed by atoms with Crippen LogP contribution in [0.25, 0.3) is 0 Å². The SMILES string of the molecule is O=S(=O)(c1cc(Cl)c(Cl)cc1Cl)N1CCN(c2ccc(Cl)c(Cl)c2)CC1. The maximum Gasteiger partial charge on any atom is 0.244 e. The van der Waals surface area contributed by atoms with Crippen LogP contribution in [0.1, 0.15) is 0 Å². The van der Waals surface area contributed by atoms with E-state index >= 15 is 0 Å². The summed E-state index contributed by atoms with van der Waals surface area (Å²) in [5.41, 5.74) is 0.893. The zero-order chi connectivity index (χ0) is 19.1. The fourth-order valence-corrected chi connectivity index (χ4v) is 5.40. The van der Waals surface area contributed by atoms with Crippen molar-refractivity contribution in [1.29, 1.82) is 0 Å². The first-order valence-corrected chi connectivity index (χ1v) is 10.9. The summed E-state index contributed by atoms with van der Waals surface area (Å²) in [6, 6.07) is 7.97. The summed E-state index contributed by atoms with van der Waals surface area (Å²) in [5, 5.41) is 1.34. The lowest BCUT2D eigenvalue weighted by molar-refractivity contribution is 0.385. The normalized spacial score (nSPS) is 16.1. The Morgan fingerprint density at radius 2 is 1.27 bits per heavy atom. The number of sulfonamides is 1. The summed E-state index contributed by atoms with van der Waals surface area (Å²) in [6.07, 6.45) is 0. The second-order valence-corrected chi connectivity index (χ2v) is 9.63. The first-order valence-electron chi connectivity index (χ1n) is 7.55. The van der Waals surface area contributed by atoms with Crippen molar-refractivity contribution in [2.75, 3.05) is 31.1 Å². The predicted molar refractivity (Wildman–Crippen MR) is 109 cm³/mol. The Balaban J connectivity index is 1.78. The summed E-state index contributed by atoms with van der Waals surface area (Å²) in [7, 11) is -3.77. The molecule has 0 amide bonds. The van der Waals surface area contributed by atoms with Gasteiger partial charge in [-0.25, -0.2) is 8.42 Å². The maximum absolute atomic E-state index is 12.9. The lowest BCUT2D eigenvalue weighted by atomic mass is 10.2. The fraction of sp³-hybridized carbons (Fsp3) is 0.250. The smallest absolute Gasteiger partial charge is 0.244 e. The zero-order valence-corrected chi connectivity index (χ0v) is 17.8. The molecule has 2 aromatic rings. The molecule has 0 aliphatic carbocycles. The molecule has 4 nitrogen and oxygen atoms in total. The minimum absolute atomic E-state index is 0.0449. The van der Waals surface area contributed by atoms with Crippen LogP contribution in [0.5, 0.6) is 0 Å². The zero-order valence-electron chi connectivity index (χ0n) is 13.2. The second kappa shape index (κ2) is 7.92. The molecule has 0 spiro atoms. The van der Waals surface area contributed by atoms with E-state index in [-0.39, 0.29) is 20.0 Å². The number of halogens is 5. The number of piperazine rings is 1. The average molecular weight is 475 g/mol. The first-order chi connectivity index (χ1) is 12.2. The molecule has 1 aliphatic heterocycles. The standard InChI is InChI=1S/C16H13Cl5N2O2S/c17-11-2-1-10(7-12(11)18)22-3-5-23(6-4-22)26(24,25)16-9-14(20)13(19)8-15(16)21/h1-2,7-9H,3-6H2. The first kappa shape index (κ1) is 20.3. The topological polar surface area (TPSA) is 40.6 Å². The lowest BCUT2D eigenvalue weighted by Gasteiger charge is -2.35. The van der Waals surface area contributed by atoms with E-state index < -0.39 is 10.0 Å². The molecule has 0 radical (unpaired) electrons. The van der Waals surface area contributed by atoms with E-state index in [2.05, 4.69) is 0 Å². The molecule has 0 atom stereocenters. The predicted octanol–water partition coefficient (Wildman–Crippen LogP) is 5.46. The summed E-state index contributed by atoms with van der Waals surface area (Å²) in [4.78, 5) is 2.00. The van der Waals surface area contributed by atoms with Crippen molar-refractivity contribution in [1.82, 2.24) is 4.31 Å². The largest absolute Gasteiger partial charge is 0.369 e. The summed E-state index contributed by atoms with van der Waals surface area (Å²) >= 11 is 29.9. The van der Waals surface area contributed by atoms with Gasteiger partial charge in [0.1, 0.15) is 4.90 Å². The maximum atomic E-state index is 12.9. The highest BCUT2D eigenvalue weighted by Gasteiger charge is 2.31. The second-order valence-electron chi connectivity index (χ2n) is 5.69. The summed E-state index contributed by atoms with van der Waals surface area (Å²) < 4.78 is 27.2. The van der Waals surface area contributed by atoms with Gasteiger partial charge in [-0.3, -0.25) is 0 Å². The van der Waals surface area contributed by atoms with Crippen molar-refractivity contribution in [3.63, 3.8) is 0 Å². The monoisotopic (exact) mass is 472 g/mol. The molecule has 140 valence electrons. The highest BCUT2D eigenvalue weighted by molar-refractivity contribution is 7.89. The molecular weight excluding hydrogens is 462 g/mol. The van der Waals surface area contributed by atoms with E-state index in [1.165, 1.54) is 16.4 Å². The molecule has 10 heteroatoms. The molecule has 1 aliphatic rings. The van der Waals surface area contributed by atoms with Gasteiger partial charge in [0.05, 0.1) is 25.1 Å². The van der Waals surface area contributed by atoms with E-state index in [1.54, 1.807) is 12.1 Å². The number of benzene rings is 2. The van der Waals surface area contributed by atoms with Gasteiger partial charge in [-0.1, -0.05) is 58.0 Å². The molecule has 0 unspecified atom stereocenters. The van der Waals surface area contributed by atoms with Crippen molar-refractivity contribution >= 4 is 73.7 Å². The third-order valence-corrected chi connectivity index (χ3v) is 7.92. The third-order valence-electron chi connectivity index (χ3n) is 4.10. The Bertz CT molecular complexity index is 944. The molecule has 2 aromatic carbocycles. The van der Waals surface area contributed by atoms with Crippen molar-refractivity contribution in [3.05, 3.63) is 55.4 Å². The molecule has 1 fully saturated rings. The van der Waals surface area contributed by atoms with Crippen LogP contribution in [0, 0.1) is 0 Å². The summed E-state index contributed by atoms with van der Waals surface area (Å²) in [5.74, 6) is 0. The van der Waals surface area contributed by atoms with Gasteiger partial charge >= 0.3 is 0 Å². The van der Waals surface area contributed by atoms with E-state index in [0.29, 0.717) is 36.2 Å². The highest BCUT2D eigenvalue weighted by Crippen LogP contribution is 2.34. The van der Waals surface area contributed by atoms with Gasteiger partial charge in [0.15, 0.2) is 0 Å². The Morgan fingerprint density at radius 1 is 0.692 bits per heavy atom. The van der Waals surface area contributed by atoms with Crippen LogP contribution in [0.2, 0.25) is 25.1 Å². The molecule has 3 rings (SSSR count). The molecule has 0 aromatic heterocycles. The minimum Gasteiger partial charge on any atom is -0.369 e. The van der Waals surface area contributed by atoms with E-state index in [9.17, 15) is 8.42 Å². The van der Waals surface area contributed by atoms with Crippen molar-refractivity contribution < 1.29 is 8.42 Å². The lowest BCUT2D eigenvalue weighted by Crippen LogP contribution is -2.48. The third kappa shape index (κ3) is 4.04. The molecule has 0 saturated carbocycles. The fourth-order valence-electron chi connectivity index (χ4n) is 2.71. The van der Waals surface area contributed by atoms with Gasteiger partial charge < -0.3 is 4.90 Å². The number of rotatable bonds is 3. The van der Waals surface area contributed by atoms with Crippen LogP contribution < -0.4 is 4.90 Å². The van der Waals surface area contributed by atoms with Crippen LogP contribution in [0.3, 0.4) is 0 Å². The van der Waals surface area contributed by atoms with Crippen molar-refractivity contribution in [3.8, 4) is 0 Å². The van der Waals surface area contributed by atoms with Gasteiger partial charge in [-0.2, -0.15) is 4.31 Å². The molecule has 0 bridgehead atoms. The van der Waals surface area contributed by atoms with Gasteiger partial charge in [0, 0.05) is 31.9 Å². The molecule has 1 saturated heterocycles. The molecule has 1 heterocycles. The van der Waals surface area contributed by atoms with Gasteiger partial charge in [-0.05, 0) is 30.3 Å². The quantitative estimate of drug-likeness (QED) is 0.555. The van der Waals surface area contributed by atoms with Gasteiger partial charge in [-0.15, -0.1) is 0 Å². The van der Waals surface area contributed by atoms with E-state index in [0.717, 1.165) is 5.69 Å². The van der Waals surface area contributed by atoms with Gasteiger partial charge in [0.25, 0.3) is 0 Å². The van der Waals surface area contributed by atoms with Crippen LogP contribution in [-0.2, 0) is 10.0 Å². The van der Waals surface area contributed by atoms with Crippen molar-refractivity contribution in [2.24, 2.45) is 0 Å². The van der Waals surface area contributed by atoms with Crippen LogP contribution in [0.4, 0.5) is 5.69 Å². The Labute approximate surface area is 177 Å². The number of hydrogen-bond acceptors (Lipinski definition) is 3. The number of nitrogens with zero attached hydrogens (tertiary/aromatic N) is 2. The molecular formula is C16H13Cl5N2O2S. The minimum atomic E-state index is -3.77. The molecule has 26 heavy (non-hydrogen) atoms. The average Bonchev–Trinajstić information content (AvgIpc) is 2.60. The Hall–Kier alpha value is -0.400. The highest BCUT2D eigenvalue weighted by atomic mass is 35.5. The molecule has 0 N–H and O–H groups in total. The summed E-state index contributed by atoms with van der Waals surface area (Å²) in [6.45, 7) is 1.63. The number of anilines is 1. The van der Waals surface area contributed by atoms with E-state index in [4.69, 9.17) is 58.0 Å². The Morgan fingerprint density at radius 3 is 1.88 bits per heavy atom. The van der Waals surface area contributed by atoms with Crippen LogP contribution >= 0.6 is 58.0 Å². The van der Waals surface area contributed by atoms with Gasteiger partial charge in [0.2, 0.25) is 10.0 Å². The Kier molecular flexibility index (Phi) is 6.19. The number of hydrogen-bond donors (Lipinski definition) is 0. The van der Waals surface area contributed by atoms with Crippen molar-refractivity contribution in [2.45, 2.75) is 4.90 Å². The van der Waals surface area contributed by atoms with E-state index in [1.807, 2.05) is 11.0 Å². The van der Waals surface area contributed by atoms with Crippen LogP contribution in [-0.4, -0.2) is 38.9 Å². The van der Waals surface area contributed by atoms with Crippen LogP contribution in [0.15, 0.2) is 35.2 Å².